The van der Waals surface area contributed by atoms with Crippen LogP contribution in [-0.4, -0.2) is 33.3 Å². The van der Waals surface area contributed by atoms with Gasteiger partial charge in [-0.05, 0) is 54.3 Å². The molecule has 0 bridgehead atoms. The van der Waals surface area contributed by atoms with E-state index in [-0.39, 0.29) is 10.6 Å². The van der Waals surface area contributed by atoms with Crippen LogP contribution in [0.5, 0.6) is 0 Å². The molecule has 0 saturated heterocycles. The van der Waals surface area contributed by atoms with Crippen LogP contribution in [0.2, 0.25) is 5.02 Å². The van der Waals surface area contributed by atoms with Crippen molar-refractivity contribution in [3.63, 3.8) is 0 Å². The third-order valence-corrected chi connectivity index (χ3v) is 7.00. The molecule has 0 fully saturated rings. The van der Waals surface area contributed by atoms with Crippen molar-refractivity contribution in [2.75, 3.05) is 17.1 Å². The van der Waals surface area contributed by atoms with Crippen molar-refractivity contribution in [2.24, 2.45) is 5.10 Å². The molecular formula is C22H20ClN3O3S2. The van der Waals surface area contributed by atoms with Crippen molar-refractivity contribution < 1.29 is 13.2 Å². The van der Waals surface area contributed by atoms with E-state index in [2.05, 4.69) is 10.5 Å². The molecule has 0 heterocycles. The number of rotatable bonds is 8. The highest BCUT2D eigenvalue weighted by molar-refractivity contribution is 7.98. The van der Waals surface area contributed by atoms with Gasteiger partial charge in [0.1, 0.15) is 6.54 Å². The van der Waals surface area contributed by atoms with Crippen LogP contribution in [0.15, 0.2) is 93.8 Å². The van der Waals surface area contributed by atoms with E-state index >= 15 is 0 Å². The first-order valence-corrected chi connectivity index (χ1v) is 12.2. The highest BCUT2D eigenvalue weighted by Crippen LogP contribution is 2.25. The summed E-state index contributed by atoms with van der Waals surface area (Å²) in [7, 11) is -3.99. The smallest absolute Gasteiger partial charge is 0.264 e. The molecule has 3 aromatic carbocycles. The summed E-state index contributed by atoms with van der Waals surface area (Å²) in [5, 5.41) is 4.30. The zero-order chi connectivity index (χ0) is 22.3. The number of thioether (sulfide) groups is 1. The molecule has 0 aliphatic heterocycles. The number of carbonyl (C=O) groups excluding carboxylic acids is 1. The minimum Gasteiger partial charge on any atom is -0.271 e. The van der Waals surface area contributed by atoms with Crippen LogP contribution in [0.4, 0.5) is 5.69 Å². The Kier molecular flexibility index (Phi) is 7.73. The highest BCUT2D eigenvalue weighted by atomic mass is 35.5. The summed E-state index contributed by atoms with van der Waals surface area (Å²) in [5.74, 6) is -0.587. The van der Waals surface area contributed by atoms with E-state index in [1.807, 2.05) is 30.5 Å². The van der Waals surface area contributed by atoms with Gasteiger partial charge in [0.05, 0.1) is 16.8 Å². The molecule has 0 aliphatic rings. The number of nitrogens with one attached hydrogen (secondary N) is 1. The summed E-state index contributed by atoms with van der Waals surface area (Å²) in [6.45, 7) is -0.458. The van der Waals surface area contributed by atoms with Crippen molar-refractivity contribution in [2.45, 2.75) is 9.79 Å². The van der Waals surface area contributed by atoms with Gasteiger partial charge in [0, 0.05) is 9.92 Å². The molecule has 1 N–H and O–H groups in total. The largest absolute Gasteiger partial charge is 0.271 e. The van der Waals surface area contributed by atoms with Crippen LogP contribution in [0, 0.1) is 0 Å². The maximum Gasteiger partial charge on any atom is 0.264 e. The lowest BCUT2D eigenvalue weighted by atomic mass is 10.2. The lowest BCUT2D eigenvalue weighted by molar-refractivity contribution is -0.119. The van der Waals surface area contributed by atoms with Gasteiger partial charge in [-0.15, -0.1) is 11.8 Å². The first kappa shape index (κ1) is 22.9. The molecule has 0 aliphatic carbocycles. The molecule has 0 radical (unpaired) electrons. The van der Waals surface area contributed by atoms with Crippen molar-refractivity contribution >= 4 is 51.2 Å². The Labute approximate surface area is 191 Å². The second-order valence-electron chi connectivity index (χ2n) is 6.37. The van der Waals surface area contributed by atoms with E-state index in [9.17, 15) is 13.2 Å². The first-order valence-electron chi connectivity index (χ1n) is 9.19. The summed E-state index contributed by atoms with van der Waals surface area (Å²) in [6, 6.07) is 21.9. The first-order chi connectivity index (χ1) is 14.9. The Morgan fingerprint density at radius 1 is 1.06 bits per heavy atom. The number of amides is 1. The van der Waals surface area contributed by atoms with Crippen molar-refractivity contribution in [3.05, 3.63) is 89.4 Å². The number of carbonyl (C=O) groups is 1. The van der Waals surface area contributed by atoms with Gasteiger partial charge in [-0.1, -0.05) is 48.0 Å². The Morgan fingerprint density at radius 2 is 1.77 bits per heavy atom. The topological polar surface area (TPSA) is 78.8 Å². The molecule has 160 valence electrons. The number of hydrazone groups is 1. The summed E-state index contributed by atoms with van der Waals surface area (Å²) < 4.78 is 27.4. The maximum absolute atomic E-state index is 13.2. The van der Waals surface area contributed by atoms with Crippen LogP contribution in [-0.2, 0) is 14.8 Å². The number of hydrogen-bond donors (Lipinski definition) is 1. The van der Waals surface area contributed by atoms with Gasteiger partial charge < -0.3 is 0 Å². The highest BCUT2D eigenvalue weighted by Gasteiger charge is 2.27. The number of hydrogen-bond acceptors (Lipinski definition) is 5. The second-order valence-corrected chi connectivity index (χ2v) is 9.55. The third kappa shape index (κ3) is 6.10. The van der Waals surface area contributed by atoms with Gasteiger partial charge >= 0.3 is 0 Å². The molecule has 31 heavy (non-hydrogen) atoms. The summed E-state index contributed by atoms with van der Waals surface area (Å²) in [6.07, 6.45) is 3.48. The number of anilines is 1. The zero-order valence-corrected chi connectivity index (χ0v) is 19.0. The lowest BCUT2D eigenvalue weighted by Gasteiger charge is -2.23. The molecule has 0 saturated carbocycles. The molecule has 0 unspecified atom stereocenters. The van der Waals surface area contributed by atoms with E-state index < -0.39 is 22.5 Å². The van der Waals surface area contributed by atoms with E-state index in [1.54, 1.807) is 48.2 Å². The third-order valence-electron chi connectivity index (χ3n) is 4.23. The van der Waals surface area contributed by atoms with E-state index in [1.165, 1.54) is 24.4 Å². The molecular weight excluding hydrogens is 454 g/mol. The average molecular weight is 474 g/mol. The maximum atomic E-state index is 13.2. The van der Waals surface area contributed by atoms with Crippen LogP contribution < -0.4 is 9.73 Å². The van der Waals surface area contributed by atoms with Gasteiger partial charge in [0.15, 0.2) is 0 Å². The van der Waals surface area contributed by atoms with Crippen molar-refractivity contribution in [1.82, 2.24) is 5.43 Å². The predicted octanol–water partition coefficient (Wildman–Crippen LogP) is 4.41. The molecule has 6 nitrogen and oxygen atoms in total. The van der Waals surface area contributed by atoms with Gasteiger partial charge in [-0.25, -0.2) is 13.8 Å². The van der Waals surface area contributed by atoms with Gasteiger partial charge in [0.25, 0.3) is 15.9 Å². The fourth-order valence-electron chi connectivity index (χ4n) is 2.70. The zero-order valence-electron chi connectivity index (χ0n) is 16.6. The Hall–Kier alpha value is -2.81. The number of benzene rings is 3. The predicted molar refractivity (Wildman–Crippen MR) is 126 cm³/mol. The van der Waals surface area contributed by atoms with Crippen LogP contribution >= 0.6 is 23.4 Å². The van der Waals surface area contributed by atoms with E-state index in [4.69, 9.17) is 11.6 Å². The quantitative estimate of drug-likeness (QED) is 0.298. The summed E-state index contributed by atoms with van der Waals surface area (Å²) in [4.78, 5) is 13.7. The Morgan fingerprint density at radius 3 is 2.42 bits per heavy atom. The molecule has 0 spiro atoms. The summed E-state index contributed by atoms with van der Waals surface area (Å²) >= 11 is 7.67. The Balaban J connectivity index is 1.79. The van der Waals surface area contributed by atoms with Gasteiger partial charge in [-0.2, -0.15) is 5.10 Å². The minimum absolute atomic E-state index is 0.0696. The standard InChI is InChI=1S/C22H20ClN3O3S2/c1-30-20-12-10-17(11-13-20)15-24-25-22(27)16-26(19-7-5-6-18(23)14-19)31(28,29)21-8-3-2-4-9-21/h2-15H,16H2,1H3,(H,25,27)/b24-15-. The number of halogens is 1. The fourth-order valence-corrected chi connectivity index (χ4v) is 4.73. The second kappa shape index (κ2) is 10.5. The molecule has 0 aromatic heterocycles. The molecule has 0 atom stereocenters. The van der Waals surface area contributed by atoms with E-state index in [0.717, 1.165) is 14.8 Å². The molecule has 3 rings (SSSR count). The summed E-state index contributed by atoms with van der Waals surface area (Å²) in [5.41, 5.74) is 3.47. The van der Waals surface area contributed by atoms with Gasteiger partial charge in [-0.3, -0.25) is 9.10 Å². The monoisotopic (exact) mass is 473 g/mol. The molecule has 3 aromatic rings. The van der Waals surface area contributed by atoms with E-state index in [0.29, 0.717) is 5.02 Å². The van der Waals surface area contributed by atoms with Crippen LogP contribution in [0.25, 0.3) is 0 Å². The van der Waals surface area contributed by atoms with Crippen LogP contribution in [0.1, 0.15) is 5.56 Å². The minimum atomic E-state index is -3.99. The number of sulfonamides is 1. The SMILES string of the molecule is CSc1ccc(/C=N\NC(=O)CN(c2cccc(Cl)c2)S(=O)(=O)c2ccccc2)cc1. The van der Waals surface area contributed by atoms with Crippen molar-refractivity contribution in [3.8, 4) is 0 Å². The normalized spacial score (nSPS) is 11.4. The molecule has 1 amide bonds. The van der Waals surface area contributed by atoms with Crippen molar-refractivity contribution in [1.29, 1.82) is 0 Å². The van der Waals surface area contributed by atoms with Gasteiger partial charge in [0.2, 0.25) is 0 Å². The number of nitrogens with zero attached hydrogens (tertiary/aromatic N) is 2. The molecule has 9 heteroatoms. The lowest BCUT2D eigenvalue weighted by Crippen LogP contribution is -2.39. The Bertz CT molecular complexity index is 1170. The average Bonchev–Trinajstić information content (AvgIpc) is 2.78. The fraction of sp³-hybridized carbons (Fsp3) is 0.0909. The van der Waals surface area contributed by atoms with Crippen LogP contribution in [0.3, 0.4) is 0 Å².